The fraction of sp³-hybridized carbons (Fsp3) is 0.848. The van der Waals surface area contributed by atoms with E-state index < -0.39 is 34.2 Å². The molecule has 0 saturated heterocycles. The van der Waals surface area contributed by atoms with E-state index in [4.69, 9.17) is 0 Å². The molecule has 0 heterocycles. The van der Waals surface area contributed by atoms with E-state index in [1.165, 1.54) is 57.8 Å². The first-order chi connectivity index (χ1) is 24.7. The van der Waals surface area contributed by atoms with E-state index in [2.05, 4.69) is 27.7 Å². The second kappa shape index (κ2) is 12.3. The van der Waals surface area contributed by atoms with Crippen molar-refractivity contribution in [2.75, 3.05) is 6.61 Å². The monoisotopic (exact) mass is 717 g/mol. The minimum atomic E-state index is -1.15. The van der Waals surface area contributed by atoms with Gasteiger partial charge in [0.1, 0.15) is 0 Å². The van der Waals surface area contributed by atoms with Crippen LogP contribution >= 0.6 is 0 Å². The van der Waals surface area contributed by atoms with Crippen LogP contribution < -0.4 is 0 Å². The zero-order valence-electron chi connectivity index (χ0n) is 32.6. The molecule has 9 rings (SSSR count). The van der Waals surface area contributed by atoms with Crippen LogP contribution in [0.5, 0.6) is 0 Å². The average molecular weight is 717 g/mol. The van der Waals surface area contributed by atoms with E-state index in [9.17, 15) is 30.3 Å². The molecule has 0 aromatic heterocycles. The Morgan fingerprint density at radius 2 is 1.54 bits per heavy atom. The topological polar surface area (TPSA) is 118 Å². The summed E-state index contributed by atoms with van der Waals surface area (Å²) in [6, 6.07) is 0. The lowest BCUT2D eigenvalue weighted by molar-refractivity contribution is -0.166. The minimum Gasteiger partial charge on any atom is -0.396 e. The van der Waals surface area contributed by atoms with Crippen LogP contribution in [-0.4, -0.2) is 61.3 Å². The highest BCUT2D eigenvalue weighted by molar-refractivity contribution is 5.95. The Kier molecular flexibility index (Phi) is 8.63. The third-order valence-electron chi connectivity index (χ3n) is 18.5. The second-order valence-corrected chi connectivity index (χ2v) is 20.8. The third-order valence-corrected chi connectivity index (χ3v) is 18.5. The van der Waals surface area contributed by atoms with Gasteiger partial charge in [-0.15, -0.1) is 0 Å². The Bertz CT molecular complexity index is 1570. The number of hydrogen-bond donors (Lipinski definition) is 5. The molecule has 1 spiro atoms. The SMILES string of the molecule is CC(C)C1=C2CCCC3(CCCC3)[C@H]2C2=C3[C@H](CCC2)C[C@@H]([C@H]2CC[C@@]4(O)C5=CC(=O)[C@@H]6C[C@@H](O)[C@@H](O)C[C@]6(C)[C@H]5CC[C@]24C)[C@@](O)(CCCO)[C@@H]13. The number of allylic oxidation sites excluding steroid dienone is 3. The summed E-state index contributed by atoms with van der Waals surface area (Å²) in [5.41, 5.74) is 4.74. The third kappa shape index (κ3) is 4.69. The van der Waals surface area contributed by atoms with Gasteiger partial charge in [-0.1, -0.05) is 62.8 Å². The van der Waals surface area contributed by atoms with Crippen molar-refractivity contribution in [3.63, 3.8) is 0 Å². The van der Waals surface area contributed by atoms with Crippen molar-refractivity contribution >= 4 is 5.78 Å². The molecule has 0 bridgehead atoms. The lowest BCUT2D eigenvalue weighted by atomic mass is 9.42. The highest BCUT2D eigenvalue weighted by Crippen LogP contribution is 2.73. The van der Waals surface area contributed by atoms with Gasteiger partial charge in [0.05, 0.1) is 23.4 Å². The van der Waals surface area contributed by atoms with Gasteiger partial charge in [0.2, 0.25) is 0 Å². The van der Waals surface area contributed by atoms with E-state index in [1.54, 1.807) is 28.4 Å². The zero-order chi connectivity index (χ0) is 36.6. The van der Waals surface area contributed by atoms with Gasteiger partial charge in [0.15, 0.2) is 5.78 Å². The van der Waals surface area contributed by atoms with E-state index >= 15 is 0 Å². The highest BCUT2D eigenvalue weighted by atomic mass is 16.3. The lowest BCUT2D eigenvalue weighted by Crippen LogP contribution is -2.63. The van der Waals surface area contributed by atoms with Crippen LogP contribution in [0.15, 0.2) is 33.9 Å². The maximum absolute atomic E-state index is 13.9. The fourth-order valence-corrected chi connectivity index (χ4v) is 16.5. The molecule has 9 aliphatic rings. The first-order valence-electron chi connectivity index (χ1n) is 21.9. The molecule has 52 heavy (non-hydrogen) atoms. The summed E-state index contributed by atoms with van der Waals surface area (Å²) in [4.78, 5) is 13.9. The largest absolute Gasteiger partial charge is 0.396 e. The quantitative estimate of drug-likeness (QED) is 0.186. The van der Waals surface area contributed by atoms with Crippen LogP contribution in [0.2, 0.25) is 0 Å². The zero-order valence-corrected chi connectivity index (χ0v) is 32.6. The summed E-state index contributed by atoms with van der Waals surface area (Å²) in [7, 11) is 0. The molecule has 0 aromatic rings. The molecule has 13 atom stereocenters. The first-order valence-corrected chi connectivity index (χ1v) is 21.9. The van der Waals surface area contributed by atoms with Gasteiger partial charge in [0, 0.05) is 29.8 Å². The van der Waals surface area contributed by atoms with E-state index in [0.717, 1.165) is 37.7 Å². The molecule has 0 amide bonds. The van der Waals surface area contributed by atoms with E-state index in [1.807, 2.05) is 0 Å². The van der Waals surface area contributed by atoms with E-state index in [-0.39, 0.29) is 48.4 Å². The van der Waals surface area contributed by atoms with Crippen molar-refractivity contribution in [1.29, 1.82) is 0 Å². The smallest absolute Gasteiger partial charge is 0.159 e. The van der Waals surface area contributed by atoms with Crippen molar-refractivity contribution in [3.05, 3.63) is 33.9 Å². The van der Waals surface area contributed by atoms with Gasteiger partial charge in [0.25, 0.3) is 0 Å². The Hall–Kier alpha value is -1.31. The predicted octanol–water partition coefficient (Wildman–Crippen LogP) is 7.75. The predicted molar refractivity (Wildman–Crippen MR) is 202 cm³/mol. The molecule has 0 unspecified atom stereocenters. The lowest BCUT2D eigenvalue weighted by Gasteiger charge is -2.63. The Morgan fingerprint density at radius 3 is 2.27 bits per heavy atom. The first kappa shape index (κ1) is 36.3. The van der Waals surface area contributed by atoms with Gasteiger partial charge in [-0.25, -0.2) is 0 Å². The summed E-state index contributed by atoms with van der Waals surface area (Å²) in [5.74, 6) is 1.12. The molecule has 6 saturated carbocycles. The van der Waals surface area contributed by atoms with Crippen LogP contribution in [0, 0.1) is 63.6 Å². The molecule has 9 aliphatic carbocycles. The van der Waals surface area contributed by atoms with Crippen LogP contribution in [0.1, 0.15) is 150 Å². The van der Waals surface area contributed by atoms with Crippen LogP contribution in [0.3, 0.4) is 0 Å². The Balaban J connectivity index is 1.15. The Morgan fingerprint density at radius 1 is 0.808 bits per heavy atom. The van der Waals surface area contributed by atoms with Gasteiger partial charge in [-0.2, -0.15) is 0 Å². The molecule has 0 aromatic carbocycles. The van der Waals surface area contributed by atoms with Gasteiger partial charge < -0.3 is 25.5 Å². The number of aliphatic hydroxyl groups excluding tert-OH is 3. The molecule has 6 heteroatoms. The number of aliphatic hydroxyl groups is 5. The highest BCUT2D eigenvalue weighted by Gasteiger charge is 2.70. The Labute approximate surface area is 312 Å². The number of carbonyl (C=O) groups excluding carboxylic acids is 1. The summed E-state index contributed by atoms with van der Waals surface area (Å²) in [6.45, 7) is 9.25. The number of hydrogen-bond acceptors (Lipinski definition) is 6. The number of rotatable bonds is 5. The fourth-order valence-electron chi connectivity index (χ4n) is 16.5. The summed E-state index contributed by atoms with van der Waals surface area (Å²) >= 11 is 0. The summed E-state index contributed by atoms with van der Waals surface area (Å²) in [6.07, 6.45) is 18.7. The van der Waals surface area contributed by atoms with Gasteiger partial charge in [-0.05, 0) is 161 Å². The van der Waals surface area contributed by atoms with Crippen LogP contribution in [0.25, 0.3) is 0 Å². The van der Waals surface area contributed by atoms with Crippen molar-refractivity contribution < 1.29 is 30.3 Å². The van der Waals surface area contributed by atoms with Crippen LogP contribution in [-0.2, 0) is 4.79 Å². The molecule has 288 valence electrons. The van der Waals surface area contributed by atoms with Gasteiger partial charge in [-0.3, -0.25) is 4.79 Å². The average Bonchev–Trinajstić information content (AvgIpc) is 3.68. The molecule has 0 aliphatic heterocycles. The molecule has 6 nitrogen and oxygen atoms in total. The van der Waals surface area contributed by atoms with Crippen molar-refractivity contribution in [2.24, 2.45) is 63.6 Å². The maximum Gasteiger partial charge on any atom is 0.159 e. The maximum atomic E-state index is 13.9. The summed E-state index contributed by atoms with van der Waals surface area (Å²) < 4.78 is 0. The van der Waals surface area contributed by atoms with Crippen molar-refractivity contribution in [3.8, 4) is 0 Å². The van der Waals surface area contributed by atoms with Crippen LogP contribution in [0.4, 0.5) is 0 Å². The minimum absolute atomic E-state index is 0.0000626. The molecule has 6 fully saturated rings. The van der Waals surface area contributed by atoms with E-state index in [0.29, 0.717) is 48.9 Å². The normalized spacial score (nSPS) is 49.4. The standard InChI is InChI=1S/C46H68O6/c1-26(2)38-28-12-8-17-44(15-5-6-16-44)40(28)29-11-7-10-27-22-32(45(51,18-9-21-47)41(38)39(27)29)31-14-20-46(52)33-23-35(48)34-24-36(49)37(50)25-42(34,3)30(33)13-19-43(31,46)4/h23,26-27,30-32,34,36-37,40-41,47,49-52H,5-22,24-25H2,1-4H3/t27-,30+,31-,32+,34+,36-,37+,40-,41+,42-,43-,45+,46-/m1/s1. The molecular weight excluding hydrogens is 649 g/mol. The van der Waals surface area contributed by atoms with Crippen molar-refractivity contribution in [2.45, 2.75) is 173 Å². The molecule has 5 N–H and O–H groups in total. The molecular formula is C46H68O6. The van der Waals surface area contributed by atoms with Crippen molar-refractivity contribution in [1.82, 2.24) is 0 Å². The summed E-state index contributed by atoms with van der Waals surface area (Å²) in [5, 5.41) is 58.9. The number of fused-ring (bicyclic) bond motifs is 8. The number of ketones is 1. The molecule has 0 radical (unpaired) electrons. The second-order valence-electron chi connectivity index (χ2n) is 20.8. The number of carbonyl (C=O) groups is 1. The van der Waals surface area contributed by atoms with Gasteiger partial charge >= 0.3 is 0 Å².